The Labute approximate surface area is 273 Å². The van der Waals surface area contributed by atoms with Crippen LogP contribution in [0.3, 0.4) is 0 Å². The number of hydrogen-bond donors (Lipinski definition) is 9. The van der Waals surface area contributed by atoms with Crippen LogP contribution >= 0.6 is 0 Å². The standard InChI is InChI=1S/C22H36O23S3/c1-8-19(44-47(33,34)35)18(26)20(45-48(36,37)38)14(41-8)6-39-3-9-10(22(29)43-15(16(9)24)7-46(30,31)32)4-40-5-13-17(25)11(23)2-12(42-13)21(27)28/h2,8-11,13-20,22-26,29H,3-7H2,1H3,(H,27,28)(H,30,31,32)(H,33,34,35)(H,36,37,38)/t8?,9?,10?,11-,13-,14+,15?,16-,17?,18?,19+,20?,22?/m1/s1. The maximum absolute atomic E-state index is 11.5. The first-order valence-corrected chi connectivity index (χ1v) is 18.1. The van der Waals surface area contributed by atoms with Crippen LogP contribution in [0.5, 0.6) is 0 Å². The first-order valence-electron chi connectivity index (χ1n) is 13.7. The number of hydrogen-bond acceptors (Lipinski definition) is 19. The Bertz CT molecular complexity index is 1470. The number of carboxylic acid groups (broad SMARTS) is 1. The van der Waals surface area contributed by atoms with E-state index >= 15 is 0 Å². The first kappa shape index (κ1) is 40.7. The summed E-state index contributed by atoms with van der Waals surface area (Å²) in [7, 11) is -15.3. The van der Waals surface area contributed by atoms with Crippen molar-refractivity contribution in [2.24, 2.45) is 11.8 Å². The van der Waals surface area contributed by atoms with Gasteiger partial charge >= 0.3 is 26.8 Å². The molecular weight excluding hydrogens is 728 g/mol. The van der Waals surface area contributed by atoms with Crippen molar-refractivity contribution in [3.63, 3.8) is 0 Å². The maximum Gasteiger partial charge on any atom is 0.397 e. The minimum Gasteiger partial charge on any atom is -0.478 e. The van der Waals surface area contributed by atoms with E-state index in [0.29, 0.717) is 0 Å². The van der Waals surface area contributed by atoms with E-state index < -0.39 is 154 Å². The van der Waals surface area contributed by atoms with Crippen LogP contribution in [-0.4, -0.2) is 175 Å². The van der Waals surface area contributed by atoms with E-state index in [1.165, 1.54) is 0 Å². The molecule has 23 nitrogen and oxygen atoms in total. The molecule has 3 rings (SSSR count). The monoisotopic (exact) mass is 764 g/mol. The number of aliphatic hydroxyl groups is 5. The van der Waals surface area contributed by atoms with Gasteiger partial charge in [-0.2, -0.15) is 25.3 Å². The first-order chi connectivity index (χ1) is 22.0. The smallest absolute Gasteiger partial charge is 0.397 e. The molecule has 0 aromatic heterocycles. The molecule has 13 atom stereocenters. The normalized spacial score (nSPS) is 38.2. The minimum atomic E-state index is -5.33. The van der Waals surface area contributed by atoms with Crippen LogP contribution in [0.25, 0.3) is 0 Å². The van der Waals surface area contributed by atoms with Gasteiger partial charge in [0.2, 0.25) is 5.76 Å². The summed E-state index contributed by atoms with van der Waals surface area (Å²) in [6.07, 6.45) is -18.7. The van der Waals surface area contributed by atoms with Crippen LogP contribution in [0.1, 0.15) is 6.92 Å². The van der Waals surface area contributed by atoms with Gasteiger partial charge in [0.25, 0.3) is 10.1 Å². The van der Waals surface area contributed by atoms with E-state index in [-0.39, 0.29) is 0 Å². The number of aliphatic carboxylic acids is 1. The van der Waals surface area contributed by atoms with Gasteiger partial charge in [0.15, 0.2) is 12.4 Å². The summed E-state index contributed by atoms with van der Waals surface area (Å²) in [4.78, 5) is 11.2. The Hall–Kier alpha value is -1.70. The fourth-order valence-electron chi connectivity index (χ4n) is 5.30. The molecule has 0 amide bonds. The van der Waals surface area contributed by atoms with Crippen LogP contribution in [0.4, 0.5) is 0 Å². The van der Waals surface area contributed by atoms with Gasteiger partial charge in [0.1, 0.15) is 48.5 Å². The summed E-state index contributed by atoms with van der Waals surface area (Å²) in [5.74, 6) is -6.06. The molecule has 0 aromatic carbocycles. The van der Waals surface area contributed by atoms with Crippen LogP contribution < -0.4 is 0 Å². The van der Waals surface area contributed by atoms with E-state index in [9.17, 15) is 64.7 Å². The topological polar surface area (TPSA) is 366 Å². The predicted molar refractivity (Wildman–Crippen MR) is 148 cm³/mol. The third-order valence-corrected chi connectivity index (χ3v) is 9.19. The van der Waals surface area contributed by atoms with Crippen molar-refractivity contribution in [2.75, 3.05) is 32.2 Å². The fourth-order valence-corrected chi connectivity index (χ4v) is 7.06. The summed E-state index contributed by atoms with van der Waals surface area (Å²) >= 11 is 0. The molecule has 3 aliphatic heterocycles. The lowest BCUT2D eigenvalue weighted by Crippen LogP contribution is -2.60. The molecule has 0 spiro atoms. The van der Waals surface area contributed by atoms with Gasteiger partial charge in [0.05, 0.1) is 38.6 Å². The van der Waals surface area contributed by atoms with Crippen molar-refractivity contribution in [1.29, 1.82) is 0 Å². The quantitative estimate of drug-likeness (QED) is 0.0704. The highest BCUT2D eigenvalue weighted by Gasteiger charge is 2.50. The van der Waals surface area contributed by atoms with Crippen molar-refractivity contribution < 1.29 is 106 Å². The lowest BCUT2D eigenvalue weighted by atomic mass is 9.83. The van der Waals surface area contributed by atoms with Gasteiger partial charge in [-0.1, -0.05) is 0 Å². The Morgan fingerprint density at radius 2 is 1.27 bits per heavy atom. The zero-order valence-electron chi connectivity index (χ0n) is 24.6. The molecule has 0 saturated carbocycles. The van der Waals surface area contributed by atoms with Crippen LogP contribution in [-0.2, 0) is 67.8 Å². The molecular formula is C22H36O23S3. The third kappa shape index (κ3) is 11.4. The summed E-state index contributed by atoms with van der Waals surface area (Å²) in [6, 6.07) is 0. The van der Waals surface area contributed by atoms with Crippen molar-refractivity contribution in [1.82, 2.24) is 0 Å². The molecule has 8 unspecified atom stereocenters. The van der Waals surface area contributed by atoms with E-state index in [4.69, 9.17) is 33.3 Å². The maximum atomic E-state index is 11.5. The van der Waals surface area contributed by atoms with Gasteiger partial charge in [-0.05, 0) is 13.0 Å². The summed E-state index contributed by atoms with van der Waals surface area (Å²) < 4.78 is 131. The molecule has 3 aliphatic rings. The van der Waals surface area contributed by atoms with Crippen LogP contribution in [0.15, 0.2) is 11.8 Å². The van der Waals surface area contributed by atoms with E-state index in [0.717, 1.165) is 13.0 Å². The molecule has 0 bridgehead atoms. The highest BCUT2D eigenvalue weighted by molar-refractivity contribution is 7.85. The minimum absolute atomic E-state index is 0.571. The highest BCUT2D eigenvalue weighted by Crippen LogP contribution is 2.33. The SMILES string of the molecule is CC1O[C@@H](COCC2C(COC[C@H]3OC(C(=O)O)=C[C@@H](O)C3O)C(O)OC(CS(=O)(=O)O)[C@@H]2O)C(OS(=O)(=O)O)C(O)[C@H]1OS(=O)(=O)O. The molecule has 0 aromatic rings. The number of carbonyl (C=O) groups is 1. The molecule has 2 saturated heterocycles. The zero-order valence-corrected chi connectivity index (χ0v) is 27.0. The molecule has 0 aliphatic carbocycles. The Kier molecular flexibility index (Phi) is 13.7. The van der Waals surface area contributed by atoms with Gasteiger partial charge in [-0.3, -0.25) is 13.7 Å². The zero-order chi connectivity index (χ0) is 36.4. The summed E-state index contributed by atoms with van der Waals surface area (Å²) in [5.41, 5.74) is 0. The molecule has 9 N–H and O–H groups in total. The lowest BCUT2D eigenvalue weighted by Gasteiger charge is -2.44. The number of rotatable bonds is 15. The second-order valence-corrected chi connectivity index (χ2v) is 14.6. The molecule has 3 heterocycles. The van der Waals surface area contributed by atoms with E-state index in [1.54, 1.807) is 0 Å². The van der Waals surface area contributed by atoms with Crippen molar-refractivity contribution in [3.05, 3.63) is 11.8 Å². The Morgan fingerprint density at radius 3 is 1.81 bits per heavy atom. The van der Waals surface area contributed by atoms with Gasteiger partial charge in [0, 0.05) is 11.8 Å². The fraction of sp³-hybridized carbons (Fsp3) is 0.864. The number of aliphatic hydroxyl groups excluding tert-OH is 5. The lowest BCUT2D eigenvalue weighted by molar-refractivity contribution is -0.263. The second-order valence-electron chi connectivity index (χ2n) is 11.0. The number of ether oxygens (including phenoxy) is 5. The largest absolute Gasteiger partial charge is 0.478 e. The molecule has 26 heteroatoms. The average molecular weight is 765 g/mol. The van der Waals surface area contributed by atoms with Crippen LogP contribution in [0, 0.1) is 11.8 Å². The second kappa shape index (κ2) is 16.1. The van der Waals surface area contributed by atoms with Crippen LogP contribution in [0.2, 0.25) is 0 Å². The molecule has 48 heavy (non-hydrogen) atoms. The summed E-state index contributed by atoms with van der Waals surface area (Å²) in [6.45, 7) is -1.40. The summed E-state index contributed by atoms with van der Waals surface area (Å²) in [5, 5.41) is 61.4. The van der Waals surface area contributed by atoms with Gasteiger partial charge in [-0.25, -0.2) is 13.2 Å². The highest BCUT2D eigenvalue weighted by atomic mass is 32.3. The third-order valence-electron chi connectivity index (χ3n) is 7.51. The van der Waals surface area contributed by atoms with Crippen molar-refractivity contribution in [3.8, 4) is 0 Å². The number of carboxylic acids is 1. The van der Waals surface area contributed by atoms with Gasteiger partial charge < -0.3 is 54.3 Å². The van der Waals surface area contributed by atoms with Gasteiger partial charge in [-0.15, -0.1) is 0 Å². The van der Waals surface area contributed by atoms with Crippen molar-refractivity contribution >= 4 is 36.9 Å². The predicted octanol–water partition coefficient (Wildman–Crippen LogP) is -5.17. The van der Waals surface area contributed by atoms with E-state index in [2.05, 4.69) is 8.37 Å². The molecule has 0 radical (unpaired) electrons. The van der Waals surface area contributed by atoms with Crippen molar-refractivity contribution in [2.45, 2.75) is 74.3 Å². The van der Waals surface area contributed by atoms with E-state index in [1.807, 2.05) is 0 Å². The molecule has 280 valence electrons. The average Bonchev–Trinajstić information content (AvgIpc) is 2.92. The molecule has 2 fully saturated rings. The Balaban J connectivity index is 1.76. The Morgan fingerprint density at radius 1 is 0.729 bits per heavy atom.